The van der Waals surface area contributed by atoms with Gasteiger partial charge >= 0.3 is 11.1 Å². The van der Waals surface area contributed by atoms with Crippen molar-refractivity contribution in [1.29, 1.82) is 0 Å². The molecule has 0 aliphatic heterocycles. The Labute approximate surface area is 148 Å². The number of para-hydroxylation sites is 2. The molecule has 0 spiro atoms. The van der Waals surface area contributed by atoms with Gasteiger partial charge in [0.05, 0.1) is 11.0 Å². The highest BCUT2D eigenvalue weighted by atomic mass is 19.1. The van der Waals surface area contributed by atoms with Crippen LogP contribution in [0.15, 0.2) is 58.1 Å². The Morgan fingerprint density at radius 1 is 1.00 bits per heavy atom. The topological polar surface area (TPSA) is 73.1 Å². The quantitative estimate of drug-likeness (QED) is 0.706. The number of carbonyl (C=O) groups excluding carboxylic acids is 1. The molecule has 6 nitrogen and oxygen atoms in total. The second kappa shape index (κ2) is 7.35. The number of carbonyl (C=O) groups is 1. The minimum absolute atomic E-state index is 0.0538. The summed E-state index contributed by atoms with van der Waals surface area (Å²) in [6.45, 7) is 0.371. The molecule has 0 radical (unpaired) electrons. The fraction of sp³-hybridized carbons (Fsp3) is 0.211. The van der Waals surface area contributed by atoms with Gasteiger partial charge in [0.1, 0.15) is 5.82 Å². The van der Waals surface area contributed by atoms with Crippen molar-refractivity contribution in [2.45, 2.75) is 19.5 Å². The molecule has 0 saturated carbocycles. The molecule has 134 valence electrons. The standard InChI is InChI=1S/C19H18FN3O3/c1-22-15-4-2-3-5-16(15)23(19(26)18(22)25)11-10-17(24)21-12-13-6-8-14(20)9-7-13/h2-9H,10-12H2,1H3,(H,21,24). The lowest BCUT2D eigenvalue weighted by atomic mass is 10.2. The molecule has 0 aliphatic rings. The van der Waals surface area contributed by atoms with Gasteiger partial charge in [0.2, 0.25) is 5.91 Å². The predicted octanol–water partition coefficient (Wildman–Crippen LogP) is 1.55. The molecule has 2 aromatic carbocycles. The van der Waals surface area contributed by atoms with E-state index in [4.69, 9.17) is 0 Å². The minimum atomic E-state index is -0.655. The number of hydrogen-bond acceptors (Lipinski definition) is 3. The Hall–Kier alpha value is -3.22. The molecule has 0 fully saturated rings. The molecule has 0 unspecified atom stereocenters. The lowest BCUT2D eigenvalue weighted by molar-refractivity contribution is -0.121. The summed E-state index contributed by atoms with van der Waals surface area (Å²) in [4.78, 5) is 36.4. The number of halogens is 1. The maximum absolute atomic E-state index is 12.9. The smallest absolute Gasteiger partial charge is 0.316 e. The first-order valence-corrected chi connectivity index (χ1v) is 8.17. The largest absolute Gasteiger partial charge is 0.352 e. The number of aromatic nitrogens is 2. The van der Waals surface area contributed by atoms with E-state index in [0.29, 0.717) is 11.0 Å². The fourth-order valence-corrected chi connectivity index (χ4v) is 2.78. The summed E-state index contributed by atoms with van der Waals surface area (Å²) in [6.07, 6.45) is 0.0538. The van der Waals surface area contributed by atoms with Crippen LogP contribution in [0.4, 0.5) is 4.39 Å². The van der Waals surface area contributed by atoms with Gasteiger partial charge in [-0.3, -0.25) is 14.4 Å². The number of aryl methyl sites for hydroxylation is 2. The predicted molar refractivity (Wildman–Crippen MR) is 96.3 cm³/mol. The average Bonchev–Trinajstić information content (AvgIpc) is 2.66. The number of amides is 1. The monoisotopic (exact) mass is 355 g/mol. The first-order chi connectivity index (χ1) is 12.5. The van der Waals surface area contributed by atoms with Crippen molar-refractivity contribution in [3.05, 3.63) is 80.6 Å². The molecular weight excluding hydrogens is 337 g/mol. The number of nitrogens with zero attached hydrogens (tertiary/aromatic N) is 2. The van der Waals surface area contributed by atoms with E-state index < -0.39 is 11.1 Å². The van der Waals surface area contributed by atoms with E-state index in [0.717, 1.165) is 5.56 Å². The maximum atomic E-state index is 12.9. The van der Waals surface area contributed by atoms with Crippen molar-refractivity contribution < 1.29 is 9.18 Å². The summed E-state index contributed by atoms with van der Waals surface area (Å²) in [7, 11) is 1.55. The summed E-state index contributed by atoms with van der Waals surface area (Å²) in [5.41, 5.74) is 0.721. The van der Waals surface area contributed by atoms with Crippen LogP contribution in [0.3, 0.4) is 0 Å². The zero-order valence-corrected chi connectivity index (χ0v) is 14.2. The minimum Gasteiger partial charge on any atom is -0.352 e. The zero-order valence-electron chi connectivity index (χ0n) is 14.2. The molecule has 7 heteroatoms. The fourth-order valence-electron chi connectivity index (χ4n) is 2.78. The highest BCUT2D eigenvalue weighted by molar-refractivity contribution is 5.77. The Bertz CT molecular complexity index is 1070. The van der Waals surface area contributed by atoms with E-state index in [9.17, 15) is 18.8 Å². The lowest BCUT2D eigenvalue weighted by Gasteiger charge is -2.12. The molecule has 26 heavy (non-hydrogen) atoms. The van der Waals surface area contributed by atoms with Gasteiger partial charge in [-0.05, 0) is 29.8 Å². The van der Waals surface area contributed by atoms with Crippen LogP contribution in [-0.4, -0.2) is 15.0 Å². The molecular formula is C19H18FN3O3. The van der Waals surface area contributed by atoms with Crippen LogP contribution >= 0.6 is 0 Å². The van der Waals surface area contributed by atoms with Crippen molar-refractivity contribution in [2.24, 2.45) is 7.05 Å². The molecule has 1 heterocycles. The lowest BCUT2D eigenvalue weighted by Crippen LogP contribution is -2.41. The van der Waals surface area contributed by atoms with E-state index in [1.165, 1.54) is 21.3 Å². The highest BCUT2D eigenvalue weighted by Crippen LogP contribution is 2.09. The Balaban J connectivity index is 1.73. The summed E-state index contributed by atoms with van der Waals surface area (Å²) in [5.74, 6) is -0.594. The molecule has 3 aromatic rings. The molecule has 3 rings (SSSR count). The van der Waals surface area contributed by atoms with Crippen molar-refractivity contribution >= 4 is 16.9 Å². The van der Waals surface area contributed by atoms with E-state index in [1.54, 1.807) is 43.4 Å². The van der Waals surface area contributed by atoms with Crippen molar-refractivity contribution in [3.63, 3.8) is 0 Å². The summed E-state index contributed by atoms with van der Waals surface area (Å²) < 4.78 is 15.5. The average molecular weight is 355 g/mol. The molecule has 1 N–H and O–H groups in total. The SMILES string of the molecule is Cn1c(=O)c(=O)n(CCC(=O)NCc2ccc(F)cc2)c2ccccc21. The Kier molecular flexibility index (Phi) is 4.97. The van der Waals surface area contributed by atoms with E-state index in [1.807, 2.05) is 0 Å². The third kappa shape index (κ3) is 3.56. The highest BCUT2D eigenvalue weighted by Gasteiger charge is 2.11. The van der Waals surface area contributed by atoms with Gasteiger partial charge in [-0.2, -0.15) is 0 Å². The first-order valence-electron chi connectivity index (χ1n) is 8.17. The second-order valence-corrected chi connectivity index (χ2v) is 5.96. The van der Waals surface area contributed by atoms with Crippen LogP contribution in [0.5, 0.6) is 0 Å². The van der Waals surface area contributed by atoms with Crippen LogP contribution in [0.25, 0.3) is 11.0 Å². The number of benzene rings is 2. The normalized spacial score (nSPS) is 10.8. The molecule has 1 amide bonds. The van der Waals surface area contributed by atoms with E-state index >= 15 is 0 Å². The van der Waals surface area contributed by atoms with Crippen LogP contribution in [-0.2, 0) is 24.9 Å². The molecule has 1 aromatic heterocycles. The number of hydrogen-bond donors (Lipinski definition) is 1. The molecule has 0 atom stereocenters. The van der Waals surface area contributed by atoms with Crippen LogP contribution in [0.2, 0.25) is 0 Å². The van der Waals surface area contributed by atoms with Gasteiger partial charge in [-0.1, -0.05) is 24.3 Å². The summed E-state index contributed by atoms with van der Waals surface area (Å²) in [5, 5.41) is 2.72. The summed E-state index contributed by atoms with van der Waals surface area (Å²) >= 11 is 0. The van der Waals surface area contributed by atoms with Gasteiger partial charge in [-0.25, -0.2) is 4.39 Å². The Morgan fingerprint density at radius 2 is 1.65 bits per heavy atom. The molecule has 0 aliphatic carbocycles. The number of nitrogens with one attached hydrogen (secondary N) is 1. The van der Waals surface area contributed by atoms with E-state index in [2.05, 4.69) is 5.32 Å². The zero-order chi connectivity index (χ0) is 18.7. The van der Waals surface area contributed by atoms with Crippen molar-refractivity contribution in [2.75, 3.05) is 0 Å². The maximum Gasteiger partial charge on any atom is 0.316 e. The van der Waals surface area contributed by atoms with Gasteiger partial charge < -0.3 is 14.5 Å². The number of rotatable bonds is 5. The van der Waals surface area contributed by atoms with Crippen LogP contribution in [0.1, 0.15) is 12.0 Å². The molecule has 0 bridgehead atoms. The third-order valence-corrected chi connectivity index (χ3v) is 4.23. The second-order valence-electron chi connectivity index (χ2n) is 5.96. The first kappa shape index (κ1) is 17.6. The molecule has 0 saturated heterocycles. The van der Waals surface area contributed by atoms with Crippen molar-refractivity contribution in [3.8, 4) is 0 Å². The van der Waals surface area contributed by atoms with Crippen molar-refractivity contribution in [1.82, 2.24) is 14.5 Å². The van der Waals surface area contributed by atoms with Gasteiger partial charge in [-0.15, -0.1) is 0 Å². The van der Waals surface area contributed by atoms with Crippen LogP contribution < -0.4 is 16.4 Å². The Morgan fingerprint density at radius 3 is 2.35 bits per heavy atom. The van der Waals surface area contributed by atoms with Gasteiger partial charge in [0.25, 0.3) is 0 Å². The van der Waals surface area contributed by atoms with Gasteiger partial charge in [0, 0.05) is 26.6 Å². The van der Waals surface area contributed by atoms with E-state index in [-0.39, 0.29) is 31.2 Å². The number of fused-ring (bicyclic) bond motifs is 1. The van der Waals surface area contributed by atoms with Crippen LogP contribution in [0, 0.1) is 5.82 Å². The third-order valence-electron chi connectivity index (χ3n) is 4.23. The summed E-state index contributed by atoms with van der Waals surface area (Å²) in [6, 6.07) is 12.9. The van der Waals surface area contributed by atoms with Gasteiger partial charge in [0.15, 0.2) is 0 Å².